The van der Waals surface area contributed by atoms with Gasteiger partial charge in [-0.3, -0.25) is 9.10 Å². The van der Waals surface area contributed by atoms with Gasteiger partial charge in [-0.05, 0) is 49.1 Å². The number of carbonyl (C=O) groups excluding carboxylic acids is 1. The summed E-state index contributed by atoms with van der Waals surface area (Å²) in [5.74, 6) is 0.305. The van der Waals surface area contributed by atoms with E-state index >= 15 is 0 Å². The second-order valence-corrected chi connectivity index (χ2v) is 10.0. The van der Waals surface area contributed by atoms with E-state index in [-0.39, 0.29) is 11.3 Å². The van der Waals surface area contributed by atoms with Gasteiger partial charge in [0.1, 0.15) is 11.8 Å². The Hall–Kier alpha value is -2.58. The average molecular weight is 461 g/mol. The number of nitrogens with one attached hydrogen (secondary N) is 1. The molecule has 0 spiro atoms. The molecule has 0 aliphatic carbocycles. The summed E-state index contributed by atoms with van der Waals surface area (Å²) in [6, 6.07) is 15.9. The van der Waals surface area contributed by atoms with Crippen LogP contribution in [0.2, 0.25) is 0 Å². The van der Waals surface area contributed by atoms with Crippen molar-refractivity contribution < 1.29 is 22.7 Å². The Labute approximate surface area is 190 Å². The zero-order valence-corrected chi connectivity index (χ0v) is 19.7. The predicted molar refractivity (Wildman–Crippen MR) is 126 cm³/mol. The molecule has 1 heterocycles. The third-order valence-electron chi connectivity index (χ3n) is 6.09. The van der Waals surface area contributed by atoms with Crippen LogP contribution in [-0.4, -0.2) is 53.5 Å². The number of hydrogen-bond donors (Lipinski definition) is 1. The van der Waals surface area contributed by atoms with E-state index in [1.807, 2.05) is 25.1 Å². The van der Waals surface area contributed by atoms with Crippen LogP contribution in [0.4, 0.5) is 5.69 Å². The lowest BCUT2D eigenvalue weighted by Gasteiger charge is -2.39. The molecular weight excluding hydrogens is 428 g/mol. The van der Waals surface area contributed by atoms with Gasteiger partial charge in [-0.25, -0.2) is 8.42 Å². The summed E-state index contributed by atoms with van der Waals surface area (Å²) >= 11 is 0. The van der Waals surface area contributed by atoms with Crippen LogP contribution in [0.3, 0.4) is 0 Å². The number of carbonyl (C=O) groups is 1. The van der Waals surface area contributed by atoms with E-state index in [4.69, 9.17) is 9.47 Å². The molecule has 2 aromatic carbocycles. The second kappa shape index (κ2) is 10.4. The Morgan fingerprint density at radius 3 is 2.28 bits per heavy atom. The van der Waals surface area contributed by atoms with Crippen LogP contribution < -0.4 is 14.4 Å². The maximum atomic E-state index is 13.3. The summed E-state index contributed by atoms with van der Waals surface area (Å²) in [7, 11) is -2.15. The largest absolute Gasteiger partial charge is 0.497 e. The van der Waals surface area contributed by atoms with E-state index in [2.05, 4.69) is 17.4 Å². The van der Waals surface area contributed by atoms with E-state index < -0.39 is 16.1 Å². The summed E-state index contributed by atoms with van der Waals surface area (Å²) in [6.45, 7) is 3.50. The molecule has 2 aromatic rings. The highest BCUT2D eigenvalue weighted by molar-refractivity contribution is 7.92. The lowest BCUT2D eigenvalue weighted by Crippen LogP contribution is -2.52. The van der Waals surface area contributed by atoms with Gasteiger partial charge in [-0.15, -0.1) is 0 Å². The highest BCUT2D eigenvalue weighted by Crippen LogP contribution is 2.34. The molecule has 3 rings (SSSR count). The van der Waals surface area contributed by atoms with Gasteiger partial charge >= 0.3 is 0 Å². The van der Waals surface area contributed by atoms with Crippen molar-refractivity contribution >= 4 is 21.6 Å². The standard InChI is InChI=1S/C24H32N2O5S/c1-4-22(26(32(3,28)29)20-10-12-21(30-2)13-11-20)23(27)25-18-24(14-16-31-17-15-24)19-8-6-5-7-9-19/h5-13,22H,4,14-18H2,1-3H3,(H,25,27)/t22-/m1/s1. The van der Waals surface area contributed by atoms with Gasteiger partial charge in [0.05, 0.1) is 19.1 Å². The number of nitrogens with zero attached hydrogens (tertiary/aromatic N) is 1. The SMILES string of the molecule is CC[C@H](C(=O)NCC1(c2ccccc2)CCOCC1)N(c1ccc(OC)cc1)S(C)(=O)=O. The van der Waals surface area contributed by atoms with Gasteiger partial charge in [0.15, 0.2) is 0 Å². The first kappa shape index (κ1) is 24.1. The summed E-state index contributed by atoms with van der Waals surface area (Å²) in [6.07, 6.45) is 3.05. The van der Waals surface area contributed by atoms with Crippen LogP contribution in [0.15, 0.2) is 54.6 Å². The van der Waals surface area contributed by atoms with Crippen molar-refractivity contribution in [2.24, 2.45) is 0 Å². The Morgan fingerprint density at radius 1 is 1.12 bits per heavy atom. The molecule has 1 fully saturated rings. The Kier molecular flexibility index (Phi) is 7.79. The van der Waals surface area contributed by atoms with E-state index in [1.54, 1.807) is 31.4 Å². The summed E-state index contributed by atoms with van der Waals surface area (Å²) in [5.41, 5.74) is 1.36. The van der Waals surface area contributed by atoms with Gasteiger partial charge in [0, 0.05) is 25.2 Å². The van der Waals surface area contributed by atoms with Gasteiger partial charge in [0.2, 0.25) is 15.9 Å². The topological polar surface area (TPSA) is 84.9 Å². The minimum Gasteiger partial charge on any atom is -0.497 e. The molecule has 0 aromatic heterocycles. The Balaban J connectivity index is 1.84. The van der Waals surface area contributed by atoms with Crippen LogP contribution in [0.5, 0.6) is 5.75 Å². The summed E-state index contributed by atoms with van der Waals surface area (Å²) in [4.78, 5) is 13.3. The maximum absolute atomic E-state index is 13.3. The molecule has 0 radical (unpaired) electrons. The van der Waals surface area contributed by atoms with Crippen LogP contribution in [0, 0.1) is 0 Å². The maximum Gasteiger partial charge on any atom is 0.243 e. The fourth-order valence-corrected chi connectivity index (χ4v) is 5.50. The molecule has 0 saturated carbocycles. The number of rotatable bonds is 9. The van der Waals surface area contributed by atoms with Crippen LogP contribution in [0.25, 0.3) is 0 Å². The Morgan fingerprint density at radius 2 is 1.75 bits per heavy atom. The third-order valence-corrected chi connectivity index (χ3v) is 7.27. The van der Waals surface area contributed by atoms with E-state index in [1.165, 1.54) is 4.31 Å². The quantitative estimate of drug-likeness (QED) is 0.622. The van der Waals surface area contributed by atoms with Gasteiger partial charge in [-0.1, -0.05) is 37.3 Å². The van der Waals surface area contributed by atoms with Crippen molar-refractivity contribution in [2.45, 2.75) is 37.6 Å². The summed E-state index contributed by atoms with van der Waals surface area (Å²) < 4.78 is 37.3. The van der Waals surface area contributed by atoms with Gasteiger partial charge in [-0.2, -0.15) is 0 Å². The Bertz CT molecular complexity index is 987. The molecule has 1 atom stereocenters. The molecule has 8 heteroatoms. The fourth-order valence-electron chi connectivity index (χ4n) is 4.28. The zero-order valence-electron chi connectivity index (χ0n) is 18.9. The van der Waals surface area contributed by atoms with Gasteiger partial charge in [0.25, 0.3) is 0 Å². The van der Waals surface area contributed by atoms with E-state index in [9.17, 15) is 13.2 Å². The lowest BCUT2D eigenvalue weighted by molar-refractivity contribution is -0.122. The highest BCUT2D eigenvalue weighted by Gasteiger charge is 2.37. The molecular formula is C24H32N2O5S. The number of sulfonamides is 1. The third kappa shape index (κ3) is 5.42. The number of ether oxygens (including phenoxy) is 2. The number of benzene rings is 2. The normalized spacial score (nSPS) is 16.7. The van der Waals surface area contributed by atoms with Crippen molar-refractivity contribution in [3.05, 3.63) is 60.2 Å². The first-order chi connectivity index (χ1) is 15.3. The lowest BCUT2D eigenvalue weighted by atomic mass is 9.74. The number of hydrogen-bond acceptors (Lipinski definition) is 5. The number of methoxy groups -OCH3 is 1. The van der Waals surface area contributed by atoms with Crippen LogP contribution >= 0.6 is 0 Å². The molecule has 1 aliphatic rings. The zero-order chi connectivity index (χ0) is 23.2. The van der Waals surface area contributed by atoms with Crippen molar-refractivity contribution in [2.75, 3.05) is 37.4 Å². The minimum absolute atomic E-state index is 0.233. The molecule has 7 nitrogen and oxygen atoms in total. The molecule has 174 valence electrons. The molecule has 1 saturated heterocycles. The first-order valence-electron chi connectivity index (χ1n) is 10.9. The van der Waals surface area contributed by atoms with E-state index in [0.29, 0.717) is 37.6 Å². The molecule has 32 heavy (non-hydrogen) atoms. The number of amides is 1. The van der Waals surface area contributed by atoms with Crippen molar-refractivity contribution in [1.82, 2.24) is 5.32 Å². The monoisotopic (exact) mass is 460 g/mol. The van der Waals surface area contributed by atoms with Crippen molar-refractivity contribution in [1.29, 1.82) is 0 Å². The molecule has 1 N–H and O–H groups in total. The first-order valence-corrected chi connectivity index (χ1v) is 12.7. The molecule has 1 aliphatic heterocycles. The smallest absolute Gasteiger partial charge is 0.243 e. The van der Waals surface area contributed by atoms with Crippen LogP contribution in [0.1, 0.15) is 31.7 Å². The molecule has 0 bridgehead atoms. The highest BCUT2D eigenvalue weighted by atomic mass is 32.2. The second-order valence-electron chi connectivity index (χ2n) is 8.16. The fraction of sp³-hybridized carbons (Fsp3) is 0.458. The average Bonchev–Trinajstić information content (AvgIpc) is 2.81. The number of anilines is 1. The molecule has 1 amide bonds. The van der Waals surface area contributed by atoms with E-state index in [0.717, 1.165) is 24.7 Å². The van der Waals surface area contributed by atoms with Crippen molar-refractivity contribution in [3.8, 4) is 5.75 Å². The van der Waals surface area contributed by atoms with Gasteiger partial charge < -0.3 is 14.8 Å². The predicted octanol–water partition coefficient (Wildman–Crippen LogP) is 3.10. The molecule has 0 unspecified atom stereocenters. The van der Waals surface area contributed by atoms with Crippen LogP contribution in [-0.2, 0) is 25.0 Å². The minimum atomic E-state index is -3.69. The summed E-state index contributed by atoms with van der Waals surface area (Å²) in [5, 5.41) is 3.06. The van der Waals surface area contributed by atoms with Crippen molar-refractivity contribution in [3.63, 3.8) is 0 Å².